The molecule has 0 amide bonds. The summed E-state index contributed by atoms with van der Waals surface area (Å²) < 4.78 is 28.6. The molecule has 8 heteroatoms. The number of carbonyl (C=O) groups is 3. The summed E-state index contributed by atoms with van der Waals surface area (Å²) in [6, 6.07) is 7.23. The summed E-state index contributed by atoms with van der Waals surface area (Å²) in [6.07, 6.45) is -2.47. The number of rotatable bonds is 4. The smallest absolute Gasteiger partial charge is 0.339 e. The summed E-state index contributed by atoms with van der Waals surface area (Å²) in [5.41, 5.74) is -2.33. The molecule has 0 N–H and O–H groups in total. The molecule has 1 saturated carbocycles. The van der Waals surface area contributed by atoms with E-state index in [2.05, 4.69) is 0 Å². The van der Waals surface area contributed by atoms with Gasteiger partial charge < -0.3 is 23.7 Å². The third-order valence-corrected chi connectivity index (χ3v) is 6.35. The van der Waals surface area contributed by atoms with Gasteiger partial charge in [0.25, 0.3) is 0 Å². The summed E-state index contributed by atoms with van der Waals surface area (Å²) in [5.74, 6) is -0.420. The number of fused-ring (bicyclic) bond motifs is 3. The van der Waals surface area contributed by atoms with Gasteiger partial charge in [0.05, 0.1) is 19.6 Å². The second-order valence-electron chi connectivity index (χ2n) is 7.66. The maximum absolute atomic E-state index is 13.3. The molecule has 5 unspecified atom stereocenters. The van der Waals surface area contributed by atoms with Crippen LogP contribution in [0.1, 0.15) is 31.2 Å². The molecule has 1 aliphatic carbocycles. The lowest BCUT2D eigenvalue weighted by atomic mass is 9.55. The van der Waals surface area contributed by atoms with Gasteiger partial charge in [-0.25, -0.2) is 4.79 Å². The zero-order chi connectivity index (χ0) is 20.8. The maximum Gasteiger partial charge on any atom is 0.339 e. The normalized spacial score (nSPS) is 36.2. The number of esters is 1. The Morgan fingerprint density at radius 2 is 1.79 bits per heavy atom. The highest BCUT2D eigenvalue weighted by molar-refractivity contribution is 5.94. The molecule has 1 saturated heterocycles. The lowest BCUT2D eigenvalue weighted by molar-refractivity contribution is -0.267. The molecule has 1 aromatic rings. The van der Waals surface area contributed by atoms with Crippen molar-refractivity contribution in [3.8, 4) is 5.75 Å². The van der Waals surface area contributed by atoms with E-state index in [1.165, 1.54) is 21.3 Å². The minimum atomic E-state index is -1.75. The average molecular weight is 404 g/mol. The monoisotopic (exact) mass is 404 g/mol. The molecule has 5 atom stereocenters. The molecule has 2 heterocycles. The van der Waals surface area contributed by atoms with Gasteiger partial charge in [0.15, 0.2) is 11.9 Å². The van der Waals surface area contributed by atoms with E-state index >= 15 is 0 Å². The minimum absolute atomic E-state index is 0.0229. The van der Waals surface area contributed by atoms with Crippen LogP contribution in [0.4, 0.5) is 0 Å². The average Bonchev–Trinajstić information content (AvgIpc) is 3.06. The van der Waals surface area contributed by atoms with Crippen molar-refractivity contribution in [1.29, 1.82) is 0 Å². The number of carbonyl (C=O) groups excluding carboxylic acids is 3. The predicted octanol–water partition coefficient (Wildman–Crippen LogP) is 1.33. The first kappa shape index (κ1) is 20.0. The lowest BCUT2D eigenvalue weighted by Crippen LogP contribution is -2.73. The number of hydrogen-bond acceptors (Lipinski definition) is 8. The van der Waals surface area contributed by atoms with E-state index in [0.29, 0.717) is 11.3 Å². The van der Waals surface area contributed by atoms with Crippen molar-refractivity contribution in [2.24, 2.45) is 0 Å². The van der Waals surface area contributed by atoms with Crippen molar-refractivity contribution in [3.05, 3.63) is 29.8 Å². The Bertz CT molecular complexity index is 839. The maximum atomic E-state index is 13.3. The van der Waals surface area contributed by atoms with Crippen molar-refractivity contribution in [3.63, 3.8) is 0 Å². The standard InChI is InChI=1S/C21H24O8/c1-25-16-8-12(22)9-17-21(16,14-6-4-5-7-15(14)28-17)20(19(24)27-3)11-13(23)10-18(26-2)29-20/h4-7,16-18H,8-11H2,1-3H3. The summed E-state index contributed by atoms with van der Waals surface area (Å²) in [6.45, 7) is 0. The molecule has 0 aromatic heterocycles. The molecule has 29 heavy (non-hydrogen) atoms. The Hall–Kier alpha value is -2.29. The summed E-state index contributed by atoms with van der Waals surface area (Å²) in [4.78, 5) is 38.6. The first-order chi connectivity index (χ1) is 13.9. The minimum Gasteiger partial charge on any atom is -0.488 e. The zero-order valence-electron chi connectivity index (χ0n) is 16.6. The molecule has 8 nitrogen and oxygen atoms in total. The zero-order valence-corrected chi connectivity index (χ0v) is 16.6. The second kappa shape index (κ2) is 7.19. The van der Waals surface area contributed by atoms with Crippen LogP contribution < -0.4 is 4.74 Å². The fourth-order valence-electron chi connectivity index (χ4n) is 5.25. The highest BCUT2D eigenvalue weighted by atomic mass is 16.7. The van der Waals surface area contributed by atoms with E-state index in [4.69, 9.17) is 23.7 Å². The molecule has 156 valence electrons. The van der Waals surface area contributed by atoms with Crippen LogP contribution in [0, 0.1) is 0 Å². The number of benzene rings is 1. The van der Waals surface area contributed by atoms with Gasteiger partial charge in [-0.3, -0.25) is 9.59 Å². The topological polar surface area (TPSA) is 97.4 Å². The number of ether oxygens (including phenoxy) is 5. The van der Waals surface area contributed by atoms with Gasteiger partial charge in [0, 0.05) is 39.0 Å². The quantitative estimate of drug-likeness (QED) is 0.694. The van der Waals surface area contributed by atoms with Crippen LogP contribution in [0.2, 0.25) is 0 Å². The van der Waals surface area contributed by atoms with Crippen molar-refractivity contribution in [2.75, 3.05) is 21.3 Å². The lowest BCUT2D eigenvalue weighted by Gasteiger charge is -2.54. The van der Waals surface area contributed by atoms with Crippen LogP contribution in [0.25, 0.3) is 0 Å². The van der Waals surface area contributed by atoms with Crippen molar-refractivity contribution < 1.29 is 38.1 Å². The van der Waals surface area contributed by atoms with Gasteiger partial charge in [-0.2, -0.15) is 0 Å². The molecule has 2 fully saturated rings. The Balaban J connectivity index is 2.02. The predicted molar refractivity (Wildman–Crippen MR) is 98.4 cm³/mol. The van der Waals surface area contributed by atoms with E-state index in [-0.39, 0.29) is 37.2 Å². The molecule has 3 aliphatic rings. The van der Waals surface area contributed by atoms with Crippen molar-refractivity contribution in [2.45, 2.75) is 55.2 Å². The van der Waals surface area contributed by atoms with Gasteiger partial charge in [0.2, 0.25) is 0 Å². The molecular weight excluding hydrogens is 380 g/mol. The van der Waals surface area contributed by atoms with Crippen LogP contribution in [-0.2, 0) is 38.7 Å². The van der Waals surface area contributed by atoms with Crippen molar-refractivity contribution >= 4 is 17.5 Å². The van der Waals surface area contributed by atoms with Gasteiger partial charge >= 0.3 is 5.97 Å². The molecule has 1 aromatic carbocycles. The van der Waals surface area contributed by atoms with Crippen LogP contribution in [-0.4, -0.2) is 63.0 Å². The highest BCUT2D eigenvalue weighted by Crippen LogP contribution is 2.59. The second-order valence-corrected chi connectivity index (χ2v) is 7.66. The van der Waals surface area contributed by atoms with Crippen LogP contribution in [0.15, 0.2) is 24.3 Å². The fraction of sp³-hybridized carbons (Fsp3) is 0.571. The molecule has 0 bridgehead atoms. The third kappa shape index (κ3) is 2.66. The Morgan fingerprint density at radius 1 is 1.03 bits per heavy atom. The van der Waals surface area contributed by atoms with Crippen molar-refractivity contribution in [1.82, 2.24) is 0 Å². The Kier molecular flexibility index (Phi) is 4.96. The van der Waals surface area contributed by atoms with E-state index in [1.807, 2.05) is 18.2 Å². The fourth-order valence-corrected chi connectivity index (χ4v) is 5.25. The molecule has 0 spiro atoms. The first-order valence-electron chi connectivity index (χ1n) is 9.54. The SMILES string of the molecule is COC(=O)C1(C23c4ccccc4OC2CC(=O)CC3OC)CC(=O)CC(OC)O1. The molecule has 4 rings (SSSR count). The van der Waals surface area contributed by atoms with E-state index < -0.39 is 35.5 Å². The van der Waals surface area contributed by atoms with Gasteiger partial charge in [-0.1, -0.05) is 18.2 Å². The molecule has 2 aliphatic heterocycles. The van der Waals surface area contributed by atoms with Gasteiger partial charge in [-0.05, 0) is 6.07 Å². The van der Waals surface area contributed by atoms with Gasteiger partial charge in [-0.15, -0.1) is 0 Å². The van der Waals surface area contributed by atoms with E-state index in [1.54, 1.807) is 6.07 Å². The van der Waals surface area contributed by atoms with E-state index in [0.717, 1.165) is 0 Å². The van der Waals surface area contributed by atoms with Crippen LogP contribution in [0.5, 0.6) is 5.75 Å². The van der Waals surface area contributed by atoms with Crippen LogP contribution in [0.3, 0.4) is 0 Å². The first-order valence-corrected chi connectivity index (χ1v) is 9.54. The number of para-hydroxylation sites is 1. The van der Waals surface area contributed by atoms with Gasteiger partial charge in [0.1, 0.15) is 28.8 Å². The van der Waals surface area contributed by atoms with E-state index in [9.17, 15) is 14.4 Å². The third-order valence-electron chi connectivity index (χ3n) is 6.35. The Labute approximate surface area is 168 Å². The highest BCUT2D eigenvalue weighted by Gasteiger charge is 2.74. The molecular formula is C21H24O8. The number of Topliss-reactive ketones (excluding diaryl/α,β-unsaturated/α-hetero) is 2. The molecule has 0 radical (unpaired) electrons. The largest absolute Gasteiger partial charge is 0.488 e. The Morgan fingerprint density at radius 3 is 2.48 bits per heavy atom. The van der Waals surface area contributed by atoms with Crippen LogP contribution >= 0.6 is 0 Å². The summed E-state index contributed by atoms with van der Waals surface area (Å²) in [7, 11) is 4.14. The number of hydrogen-bond donors (Lipinski definition) is 0. The number of methoxy groups -OCH3 is 3. The number of ketones is 2. The summed E-state index contributed by atoms with van der Waals surface area (Å²) >= 11 is 0. The summed E-state index contributed by atoms with van der Waals surface area (Å²) in [5, 5.41) is 0.